The zero-order valence-corrected chi connectivity index (χ0v) is 20.5. The highest BCUT2D eigenvalue weighted by atomic mass is 35.5. The molecule has 0 aliphatic rings. The zero-order chi connectivity index (χ0) is 27.6. The molecule has 38 heavy (non-hydrogen) atoms. The molecule has 2 heterocycles. The fraction of sp³-hybridized carbons (Fsp3) is 0.174. The molecular formula is C23H17ClF3N9O2. The monoisotopic (exact) mass is 543 g/mol. The first-order chi connectivity index (χ1) is 18.0. The molecule has 11 nitrogen and oxygen atoms in total. The molecule has 0 unspecified atom stereocenters. The van der Waals surface area contributed by atoms with Crippen LogP contribution < -0.4 is 10.6 Å². The second kappa shape index (κ2) is 10.3. The van der Waals surface area contributed by atoms with Crippen LogP contribution in [0.4, 0.5) is 18.9 Å². The largest absolute Gasteiger partial charge is 0.453 e. The van der Waals surface area contributed by atoms with Gasteiger partial charge >= 0.3 is 6.18 Å². The Morgan fingerprint density at radius 1 is 1.16 bits per heavy atom. The van der Waals surface area contributed by atoms with Crippen LogP contribution in [0.5, 0.6) is 0 Å². The maximum absolute atomic E-state index is 13.5. The minimum absolute atomic E-state index is 0.0240. The highest BCUT2D eigenvalue weighted by Crippen LogP contribution is 2.28. The maximum atomic E-state index is 13.5. The summed E-state index contributed by atoms with van der Waals surface area (Å²) in [5.74, 6) is -2.62. The molecule has 0 saturated heterocycles. The Kier molecular flexibility index (Phi) is 7.13. The van der Waals surface area contributed by atoms with Crippen LogP contribution in [0, 0.1) is 18.3 Å². The molecule has 0 spiro atoms. The van der Waals surface area contributed by atoms with Gasteiger partial charge < -0.3 is 10.6 Å². The van der Waals surface area contributed by atoms with E-state index in [9.17, 15) is 28.0 Å². The van der Waals surface area contributed by atoms with Crippen LogP contribution in [-0.4, -0.2) is 48.8 Å². The molecular weight excluding hydrogens is 527 g/mol. The Morgan fingerprint density at radius 3 is 2.55 bits per heavy atom. The fourth-order valence-corrected chi connectivity index (χ4v) is 3.87. The minimum atomic E-state index is -4.81. The number of hydrogen-bond acceptors (Lipinski definition) is 7. The predicted molar refractivity (Wildman–Crippen MR) is 128 cm³/mol. The number of nitrogens with one attached hydrogen (secondary N) is 2. The van der Waals surface area contributed by atoms with Crippen LogP contribution in [0.25, 0.3) is 5.69 Å². The summed E-state index contributed by atoms with van der Waals surface area (Å²) in [7, 11) is 1.40. The average Bonchev–Trinajstić information content (AvgIpc) is 3.52. The Morgan fingerprint density at radius 2 is 1.89 bits per heavy atom. The molecule has 0 atom stereocenters. The first-order valence-electron chi connectivity index (χ1n) is 10.8. The molecule has 15 heteroatoms. The van der Waals surface area contributed by atoms with Crippen LogP contribution in [0.3, 0.4) is 0 Å². The Balaban J connectivity index is 1.79. The second-order valence-corrected chi connectivity index (χ2v) is 8.31. The van der Waals surface area contributed by atoms with Crippen molar-refractivity contribution in [1.29, 1.82) is 5.26 Å². The summed E-state index contributed by atoms with van der Waals surface area (Å²) in [6, 6.07) is 12.5. The fourth-order valence-electron chi connectivity index (χ4n) is 3.65. The summed E-state index contributed by atoms with van der Waals surface area (Å²) >= 11 is 6.31. The standard InChI is InChI=1S/C23H17ClF3N9O2/c1-12-7-13(10-28)8-15(20(37)29-2)19(12)30-21(38)18-9-14(11-35-22(23(25,26)27)31-33-34-35)32-36(18)17-6-4-3-5-16(17)24/h3-9H,11H2,1-2H3,(H,29,37)(H,30,38). The van der Waals surface area contributed by atoms with Crippen molar-refractivity contribution in [2.75, 3.05) is 12.4 Å². The summed E-state index contributed by atoms with van der Waals surface area (Å²) in [4.78, 5) is 26.0. The van der Waals surface area contributed by atoms with Gasteiger partial charge in [-0.3, -0.25) is 9.59 Å². The van der Waals surface area contributed by atoms with Gasteiger partial charge in [0, 0.05) is 7.05 Å². The van der Waals surface area contributed by atoms with Crippen molar-refractivity contribution >= 4 is 29.1 Å². The van der Waals surface area contributed by atoms with Crippen molar-refractivity contribution in [3.63, 3.8) is 0 Å². The van der Waals surface area contributed by atoms with E-state index >= 15 is 0 Å². The van der Waals surface area contributed by atoms with Crippen molar-refractivity contribution in [2.45, 2.75) is 19.6 Å². The van der Waals surface area contributed by atoms with E-state index in [1.54, 1.807) is 31.2 Å². The molecule has 4 aromatic rings. The number of alkyl halides is 3. The number of halogens is 4. The zero-order valence-electron chi connectivity index (χ0n) is 19.7. The number of rotatable bonds is 6. The lowest BCUT2D eigenvalue weighted by Crippen LogP contribution is -2.23. The first-order valence-corrected chi connectivity index (χ1v) is 11.2. The lowest BCUT2D eigenvalue weighted by atomic mass is 10.0. The number of anilines is 1. The molecule has 4 rings (SSSR count). The minimum Gasteiger partial charge on any atom is -0.355 e. The number of benzene rings is 2. The Bertz CT molecular complexity index is 1590. The van der Waals surface area contributed by atoms with E-state index in [0.717, 1.165) is 0 Å². The van der Waals surface area contributed by atoms with E-state index in [1.807, 2.05) is 6.07 Å². The van der Waals surface area contributed by atoms with Gasteiger partial charge in [-0.2, -0.15) is 23.5 Å². The average molecular weight is 544 g/mol. The van der Waals surface area contributed by atoms with Crippen molar-refractivity contribution in [3.05, 3.63) is 81.4 Å². The van der Waals surface area contributed by atoms with Crippen LogP contribution in [-0.2, 0) is 12.7 Å². The maximum Gasteiger partial charge on any atom is 0.453 e. The van der Waals surface area contributed by atoms with Gasteiger partial charge in [0.2, 0.25) is 0 Å². The van der Waals surface area contributed by atoms with E-state index in [4.69, 9.17) is 11.6 Å². The van der Waals surface area contributed by atoms with E-state index in [2.05, 4.69) is 31.3 Å². The van der Waals surface area contributed by atoms with Gasteiger partial charge in [0.05, 0.1) is 45.8 Å². The second-order valence-electron chi connectivity index (χ2n) is 7.90. The van der Waals surface area contributed by atoms with Crippen LogP contribution >= 0.6 is 11.6 Å². The third-order valence-electron chi connectivity index (χ3n) is 5.35. The van der Waals surface area contributed by atoms with Gasteiger partial charge in [-0.25, -0.2) is 9.36 Å². The molecule has 0 saturated carbocycles. The lowest BCUT2D eigenvalue weighted by molar-refractivity contribution is -0.147. The lowest BCUT2D eigenvalue weighted by Gasteiger charge is -2.15. The number of tetrazole rings is 1. The van der Waals surface area contributed by atoms with Gasteiger partial charge in [-0.05, 0) is 53.2 Å². The van der Waals surface area contributed by atoms with E-state index in [1.165, 1.54) is 29.9 Å². The summed E-state index contributed by atoms with van der Waals surface area (Å²) in [6.45, 7) is 1.11. The third-order valence-corrected chi connectivity index (χ3v) is 5.66. The Hall–Kier alpha value is -4.77. The molecule has 2 aromatic heterocycles. The van der Waals surface area contributed by atoms with Gasteiger partial charge in [0.1, 0.15) is 5.69 Å². The third kappa shape index (κ3) is 5.18. The molecule has 194 valence electrons. The smallest absolute Gasteiger partial charge is 0.355 e. The first kappa shape index (κ1) is 26.3. The van der Waals surface area contributed by atoms with E-state index in [-0.39, 0.29) is 38.9 Å². The summed E-state index contributed by atoms with van der Waals surface area (Å²) in [5, 5.41) is 28.4. The van der Waals surface area contributed by atoms with Crippen molar-refractivity contribution in [2.24, 2.45) is 0 Å². The number of hydrogen-bond donors (Lipinski definition) is 2. The quantitative estimate of drug-likeness (QED) is 0.379. The number of aryl methyl sites for hydroxylation is 1. The summed E-state index contributed by atoms with van der Waals surface area (Å²) < 4.78 is 41.5. The highest BCUT2D eigenvalue weighted by molar-refractivity contribution is 6.32. The van der Waals surface area contributed by atoms with Crippen molar-refractivity contribution in [1.82, 2.24) is 35.3 Å². The highest BCUT2D eigenvalue weighted by Gasteiger charge is 2.38. The number of amides is 2. The SMILES string of the molecule is CNC(=O)c1cc(C#N)cc(C)c1NC(=O)c1cc(Cn2nnnc2C(F)(F)F)nn1-c1ccccc1Cl. The van der Waals surface area contributed by atoms with Crippen molar-refractivity contribution < 1.29 is 22.8 Å². The molecule has 0 fully saturated rings. The van der Waals surface area contributed by atoms with Gasteiger partial charge in [-0.1, -0.05) is 23.7 Å². The predicted octanol–water partition coefficient (Wildman–Crippen LogP) is 3.37. The van der Waals surface area contributed by atoms with Crippen LogP contribution in [0.1, 0.15) is 43.5 Å². The number of aromatic nitrogens is 6. The molecule has 0 radical (unpaired) electrons. The van der Waals surface area contributed by atoms with E-state index in [0.29, 0.717) is 10.2 Å². The number of carbonyl (C=O) groups is 2. The summed E-state index contributed by atoms with van der Waals surface area (Å²) in [5.41, 5.74) is 1.04. The number of nitrogens with zero attached hydrogens (tertiary/aromatic N) is 7. The van der Waals surface area contributed by atoms with Gasteiger partial charge in [0.25, 0.3) is 17.6 Å². The van der Waals surface area contributed by atoms with Gasteiger partial charge in [-0.15, -0.1) is 5.10 Å². The Labute approximate surface area is 217 Å². The number of carbonyl (C=O) groups excluding carboxylic acids is 2. The van der Waals surface area contributed by atoms with Crippen LogP contribution in [0.2, 0.25) is 5.02 Å². The number of nitriles is 1. The number of para-hydroxylation sites is 1. The topological polar surface area (TPSA) is 143 Å². The van der Waals surface area contributed by atoms with Crippen molar-refractivity contribution in [3.8, 4) is 11.8 Å². The molecule has 2 aromatic carbocycles. The molecule has 0 bridgehead atoms. The molecule has 2 amide bonds. The summed E-state index contributed by atoms with van der Waals surface area (Å²) in [6.07, 6.45) is -4.81. The molecule has 0 aliphatic heterocycles. The van der Waals surface area contributed by atoms with E-state index < -0.39 is 30.4 Å². The normalized spacial score (nSPS) is 11.2. The molecule has 2 N–H and O–H groups in total. The van der Waals surface area contributed by atoms with Gasteiger partial charge in [0.15, 0.2) is 0 Å². The van der Waals surface area contributed by atoms with Crippen LogP contribution in [0.15, 0.2) is 42.5 Å². The molecule has 0 aliphatic carbocycles.